The van der Waals surface area contributed by atoms with Gasteiger partial charge in [-0.05, 0) is 31.0 Å². The second-order valence-electron chi connectivity index (χ2n) is 5.06. The van der Waals surface area contributed by atoms with E-state index in [2.05, 4.69) is 17.2 Å². The summed E-state index contributed by atoms with van der Waals surface area (Å²) in [5, 5.41) is 11.5. The van der Waals surface area contributed by atoms with Crippen LogP contribution in [0.2, 0.25) is 0 Å². The lowest BCUT2D eigenvalue weighted by molar-refractivity contribution is -0.128. The molecule has 0 spiro atoms. The SMILES string of the molecule is Cc1ccc(C(=O)NC2CCN(C)C2=O)cc1C#CCO. The second kappa shape index (κ2) is 6.42. The van der Waals surface area contributed by atoms with E-state index in [-0.39, 0.29) is 18.4 Å². The van der Waals surface area contributed by atoms with Gasteiger partial charge in [0.2, 0.25) is 5.91 Å². The molecule has 0 radical (unpaired) electrons. The van der Waals surface area contributed by atoms with Crippen molar-refractivity contribution in [3.05, 3.63) is 34.9 Å². The van der Waals surface area contributed by atoms with Crippen molar-refractivity contribution in [2.24, 2.45) is 0 Å². The Hall–Kier alpha value is -2.32. The molecule has 1 saturated heterocycles. The molecular weight excluding hydrogens is 268 g/mol. The maximum atomic E-state index is 12.2. The minimum atomic E-state index is -0.448. The Balaban J connectivity index is 2.14. The van der Waals surface area contributed by atoms with Crippen LogP contribution < -0.4 is 5.32 Å². The van der Waals surface area contributed by atoms with E-state index < -0.39 is 6.04 Å². The van der Waals surface area contributed by atoms with E-state index in [4.69, 9.17) is 5.11 Å². The van der Waals surface area contributed by atoms with Gasteiger partial charge in [-0.25, -0.2) is 0 Å². The molecule has 1 atom stereocenters. The van der Waals surface area contributed by atoms with Crippen LogP contribution in [0.25, 0.3) is 0 Å². The van der Waals surface area contributed by atoms with E-state index in [1.165, 1.54) is 0 Å². The molecule has 1 aromatic carbocycles. The highest BCUT2D eigenvalue weighted by atomic mass is 16.2. The summed E-state index contributed by atoms with van der Waals surface area (Å²) in [5.41, 5.74) is 2.10. The number of nitrogens with zero attached hydrogens (tertiary/aromatic N) is 1. The first-order valence-corrected chi connectivity index (χ1v) is 6.79. The van der Waals surface area contributed by atoms with E-state index >= 15 is 0 Å². The van der Waals surface area contributed by atoms with E-state index in [1.807, 2.05) is 6.92 Å². The third kappa shape index (κ3) is 3.41. The Morgan fingerprint density at radius 3 is 2.90 bits per heavy atom. The number of nitrogens with one attached hydrogen (secondary N) is 1. The molecule has 0 saturated carbocycles. The Morgan fingerprint density at radius 2 is 2.29 bits per heavy atom. The molecule has 1 fully saturated rings. The van der Waals surface area contributed by atoms with Crippen LogP contribution in [0.3, 0.4) is 0 Å². The second-order valence-corrected chi connectivity index (χ2v) is 5.06. The number of aliphatic hydroxyl groups excluding tert-OH is 1. The zero-order valence-corrected chi connectivity index (χ0v) is 12.1. The molecule has 5 nitrogen and oxygen atoms in total. The zero-order valence-electron chi connectivity index (χ0n) is 12.1. The number of rotatable bonds is 2. The molecule has 2 N–H and O–H groups in total. The Bertz CT molecular complexity index is 628. The van der Waals surface area contributed by atoms with Crippen molar-refractivity contribution in [3.63, 3.8) is 0 Å². The van der Waals surface area contributed by atoms with Crippen LogP contribution in [0, 0.1) is 18.8 Å². The Labute approximate surface area is 124 Å². The number of likely N-dealkylation sites (tertiary alicyclic amines) is 1. The van der Waals surface area contributed by atoms with Crippen LogP contribution >= 0.6 is 0 Å². The van der Waals surface area contributed by atoms with Crippen molar-refractivity contribution in [2.75, 3.05) is 20.2 Å². The molecule has 0 aromatic heterocycles. The standard InChI is InChI=1S/C16H18N2O3/c1-11-5-6-13(10-12(11)4-3-9-19)15(20)17-14-7-8-18(2)16(14)21/h5-6,10,14,19H,7-9H2,1-2H3,(H,17,20). The fraction of sp³-hybridized carbons (Fsp3) is 0.375. The number of benzene rings is 1. The molecule has 21 heavy (non-hydrogen) atoms. The first-order valence-electron chi connectivity index (χ1n) is 6.79. The maximum Gasteiger partial charge on any atom is 0.251 e. The van der Waals surface area contributed by atoms with Crippen LogP contribution in [0.5, 0.6) is 0 Å². The summed E-state index contributed by atoms with van der Waals surface area (Å²) in [5.74, 6) is 5.04. The molecule has 110 valence electrons. The number of aliphatic hydroxyl groups is 1. The average Bonchev–Trinajstić information content (AvgIpc) is 2.78. The van der Waals surface area contributed by atoms with Gasteiger partial charge in [-0.1, -0.05) is 17.9 Å². The van der Waals surface area contributed by atoms with Gasteiger partial charge in [0.1, 0.15) is 12.6 Å². The highest BCUT2D eigenvalue weighted by Crippen LogP contribution is 2.13. The molecule has 1 heterocycles. The van der Waals surface area contributed by atoms with Gasteiger partial charge in [-0.15, -0.1) is 0 Å². The summed E-state index contributed by atoms with van der Waals surface area (Å²) >= 11 is 0. The van der Waals surface area contributed by atoms with Gasteiger partial charge in [0.05, 0.1) is 0 Å². The van der Waals surface area contributed by atoms with Crippen molar-refractivity contribution in [2.45, 2.75) is 19.4 Å². The van der Waals surface area contributed by atoms with E-state index in [9.17, 15) is 9.59 Å². The molecule has 1 aliphatic heterocycles. The molecule has 0 bridgehead atoms. The van der Waals surface area contributed by atoms with Gasteiger partial charge in [-0.3, -0.25) is 9.59 Å². The molecule has 0 aliphatic carbocycles. The molecule has 1 unspecified atom stereocenters. The van der Waals surface area contributed by atoms with Gasteiger partial charge in [0.15, 0.2) is 0 Å². The van der Waals surface area contributed by atoms with E-state index in [0.29, 0.717) is 24.1 Å². The van der Waals surface area contributed by atoms with Crippen LogP contribution in [0.15, 0.2) is 18.2 Å². The molecule has 5 heteroatoms. The summed E-state index contributed by atoms with van der Waals surface area (Å²) in [4.78, 5) is 25.6. The van der Waals surface area contributed by atoms with Crippen LogP contribution in [0.4, 0.5) is 0 Å². The predicted molar refractivity (Wildman–Crippen MR) is 78.7 cm³/mol. The first kappa shape index (κ1) is 15.1. The van der Waals surface area contributed by atoms with Crippen molar-refractivity contribution in [3.8, 4) is 11.8 Å². The van der Waals surface area contributed by atoms with Crippen LogP contribution in [0.1, 0.15) is 27.9 Å². The largest absolute Gasteiger partial charge is 0.384 e. The summed E-state index contributed by atoms with van der Waals surface area (Å²) < 4.78 is 0. The van der Waals surface area contributed by atoms with Crippen LogP contribution in [-0.4, -0.2) is 48.1 Å². The number of amides is 2. The lowest BCUT2D eigenvalue weighted by Crippen LogP contribution is -2.40. The third-order valence-corrected chi connectivity index (χ3v) is 3.53. The smallest absolute Gasteiger partial charge is 0.251 e. The Morgan fingerprint density at radius 1 is 1.52 bits per heavy atom. The van der Waals surface area contributed by atoms with Gasteiger partial charge in [0.25, 0.3) is 5.91 Å². The predicted octanol–water partition coefficient (Wildman–Crippen LogP) is 0.299. The highest BCUT2D eigenvalue weighted by Gasteiger charge is 2.30. The van der Waals surface area contributed by atoms with Gasteiger partial charge in [0, 0.05) is 24.7 Å². The molecular formula is C16H18N2O3. The van der Waals surface area contributed by atoms with E-state index in [0.717, 1.165) is 5.56 Å². The molecule has 2 amide bonds. The Kier molecular flexibility index (Phi) is 4.61. The number of carbonyl (C=O) groups excluding carboxylic acids is 2. The van der Waals surface area contributed by atoms with E-state index in [1.54, 1.807) is 30.1 Å². The lowest BCUT2D eigenvalue weighted by Gasteiger charge is -2.12. The third-order valence-electron chi connectivity index (χ3n) is 3.53. The number of likely N-dealkylation sites (N-methyl/N-ethyl adjacent to an activating group) is 1. The molecule has 1 aromatic rings. The van der Waals surface area contributed by atoms with Gasteiger partial charge < -0.3 is 15.3 Å². The summed E-state index contributed by atoms with van der Waals surface area (Å²) in [7, 11) is 1.73. The van der Waals surface area contributed by atoms with Gasteiger partial charge in [-0.2, -0.15) is 0 Å². The lowest BCUT2D eigenvalue weighted by atomic mass is 10.0. The summed E-state index contributed by atoms with van der Waals surface area (Å²) in [6, 6.07) is 4.74. The zero-order chi connectivity index (χ0) is 15.4. The quantitative estimate of drug-likeness (QED) is 0.768. The topological polar surface area (TPSA) is 69.6 Å². The highest BCUT2D eigenvalue weighted by molar-refractivity contribution is 5.98. The fourth-order valence-electron chi connectivity index (χ4n) is 2.23. The summed E-state index contributed by atoms with van der Waals surface area (Å²) in [6.45, 7) is 2.32. The van der Waals surface area contributed by atoms with Crippen molar-refractivity contribution in [1.29, 1.82) is 0 Å². The minimum absolute atomic E-state index is 0.0595. The molecule has 1 aliphatic rings. The maximum absolute atomic E-state index is 12.2. The van der Waals surface area contributed by atoms with Crippen molar-refractivity contribution >= 4 is 11.8 Å². The number of aryl methyl sites for hydroxylation is 1. The fourth-order valence-corrected chi connectivity index (χ4v) is 2.23. The monoisotopic (exact) mass is 286 g/mol. The summed E-state index contributed by atoms with van der Waals surface area (Å²) in [6.07, 6.45) is 0.629. The number of carbonyl (C=O) groups is 2. The molecule has 2 rings (SSSR count). The number of hydrogen-bond acceptors (Lipinski definition) is 3. The van der Waals surface area contributed by atoms with Crippen molar-refractivity contribution < 1.29 is 14.7 Å². The normalized spacial score (nSPS) is 17.4. The minimum Gasteiger partial charge on any atom is -0.384 e. The van der Waals surface area contributed by atoms with Gasteiger partial charge >= 0.3 is 0 Å². The number of hydrogen-bond donors (Lipinski definition) is 2. The van der Waals surface area contributed by atoms with Crippen molar-refractivity contribution in [1.82, 2.24) is 10.2 Å². The van der Waals surface area contributed by atoms with Crippen LogP contribution in [-0.2, 0) is 4.79 Å². The first-order chi connectivity index (χ1) is 10.0. The average molecular weight is 286 g/mol.